The number of thioether (sulfide) groups is 1. The number of fused-ring (bicyclic) bond motifs is 5. The van der Waals surface area contributed by atoms with Crippen molar-refractivity contribution >= 4 is 172 Å². The number of esters is 2. The van der Waals surface area contributed by atoms with Gasteiger partial charge in [-0.05, 0) is 217 Å². The number of nitrogens with zero attached hydrogens (tertiary/aromatic N) is 5. The first-order valence-corrected chi connectivity index (χ1v) is 50.8. The van der Waals surface area contributed by atoms with Gasteiger partial charge in [0.25, 0.3) is 5.91 Å². The molecule has 29 nitrogen and oxygen atoms in total. The molecule has 149 heavy (non-hydrogen) atoms. The minimum atomic E-state index is -3.33. The van der Waals surface area contributed by atoms with E-state index in [1.54, 1.807) is 116 Å². The van der Waals surface area contributed by atoms with Crippen molar-refractivity contribution in [2.75, 3.05) is 46.0 Å². The molecule has 16 aromatic rings. The monoisotopic (exact) mass is 2200 g/mol. The number of aromatic nitrogens is 5. The number of benzene rings is 11. The number of methoxy groups -OCH3 is 2. The van der Waals surface area contributed by atoms with E-state index in [-0.39, 0.29) is 131 Å². The van der Waals surface area contributed by atoms with E-state index in [2.05, 4.69) is 94.5 Å². The molecular weight excluding hydrogens is 2080 g/mol. The molecule has 1 amide bonds. The molecule has 0 bridgehead atoms. The predicted octanol–water partition coefficient (Wildman–Crippen LogP) is 19.1. The molecule has 0 radical (unpaired) electrons. The molecule has 0 saturated carbocycles. The molecule has 0 aliphatic rings. The molecule has 2 atom stereocenters. The van der Waals surface area contributed by atoms with Crippen molar-refractivity contribution in [1.29, 1.82) is 0 Å². The molecule has 11 aromatic carbocycles. The Morgan fingerprint density at radius 1 is 0.423 bits per heavy atom. The molecule has 14 N–H and O–H groups in total. The number of amides is 1. The molecule has 16 rings (SSSR count). The summed E-state index contributed by atoms with van der Waals surface area (Å²) in [5, 5.41) is 60.4. The first-order valence-electron chi connectivity index (χ1n) is 44.6. The van der Waals surface area contributed by atoms with Crippen LogP contribution in [-0.4, -0.2) is 160 Å². The maximum absolute atomic E-state index is 13.0. The topological polar surface area (TPSA) is 500 Å². The zero-order chi connectivity index (χ0) is 105. The first kappa shape index (κ1) is 133. The second-order valence-electron chi connectivity index (χ2n) is 32.2. The molecule has 0 unspecified atom stereocenters. The summed E-state index contributed by atoms with van der Waals surface area (Å²) in [6.07, 6.45) is 0. The van der Waals surface area contributed by atoms with Crippen LogP contribution < -0.4 is 54.8 Å². The van der Waals surface area contributed by atoms with Gasteiger partial charge in [-0.1, -0.05) is 200 Å². The summed E-state index contributed by atoms with van der Waals surface area (Å²) in [5.41, 5.74) is 25.4. The number of sulfone groups is 1. The third-order valence-corrected chi connectivity index (χ3v) is 24.5. The van der Waals surface area contributed by atoms with Gasteiger partial charge in [-0.2, -0.15) is 0 Å². The normalized spacial score (nSPS) is 10.6. The van der Waals surface area contributed by atoms with Gasteiger partial charge in [-0.15, -0.1) is 24.2 Å². The average Bonchev–Trinajstić information content (AvgIpc) is 0.804. The molecule has 0 spiro atoms. The van der Waals surface area contributed by atoms with Crippen molar-refractivity contribution in [3.05, 3.63) is 389 Å². The second-order valence-corrected chi connectivity index (χ2v) is 39.1. The van der Waals surface area contributed by atoms with E-state index in [0.717, 1.165) is 107 Å². The summed E-state index contributed by atoms with van der Waals surface area (Å²) >= 11 is 13.9. The van der Waals surface area contributed by atoms with Crippen LogP contribution in [0.25, 0.3) is 54.5 Å². The van der Waals surface area contributed by atoms with Gasteiger partial charge >= 0.3 is 53.4 Å². The van der Waals surface area contributed by atoms with Crippen molar-refractivity contribution in [2.24, 2.45) is 5.73 Å². The Bertz CT molecular complexity index is 7190. The van der Waals surface area contributed by atoms with E-state index in [0.29, 0.717) is 85.7 Å². The van der Waals surface area contributed by atoms with Gasteiger partial charge in [0.1, 0.15) is 37.1 Å². The van der Waals surface area contributed by atoms with Crippen LogP contribution in [0.2, 0.25) is 10.0 Å². The fraction of sp³-hybridized carbons (Fsp3) is 0.225. The number of aliphatic hydroxyl groups is 4. The molecule has 0 fully saturated rings. The number of carboxylic acid groups (broad SMARTS) is 2. The number of rotatable bonds is 24. The number of carboxylic acids is 2. The summed E-state index contributed by atoms with van der Waals surface area (Å²) < 4.78 is 60.6. The number of nitrogens with one attached hydrogen (secondary N) is 1. The fourth-order valence-corrected chi connectivity index (χ4v) is 15.9. The van der Waals surface area contributed by atoms with Gasteiger partial charge in [-0.3, -0.25) is 29.7 Å². The van der Waals surface area contributed by atoms with E-state index in [1.807, 2.05) is 177 Å². The largest absolute Gasteiger partial charge is 1.00 e. The summed E-state index contributed by atoms with van der Waals surface area (Å²) in [5.74, 6) is 0.186. The van der Waals surface area contributed by atoms with Crippen LogP contribution in [0, 0.1) is 62.3 Å². The SMILES string of the molecule is C.CCS(=O)(=O)c1ccc([C@H](CO)NC(=O)c2ccc3c(OCc4ccc(C)cc4)cc(C)nc3c2)cc1.CCSc1ccc([C@@H](N)CO)cc1.CO.COC(=O)c1ccc2c(Cl)cc(C)nc2c1.COC(=O)c1ccc2c(OCc3ccc(C)cc3)cc(C)nc2c1.Cc1cc(Cl)c2ccc(C(=O)O)cc2n1.Cc1ccc(CO)cc1.Cc1ccc(COc2cc(C)nc3cc(C(=O)O)ccc23)cc1.Cl.O.O.O=S(Cl)Cl.[Na+].[OH-]. The molecule has 0 saturated heterocycles. The Morgan fingerprint density at radius 2 is 0.711 bits per heavy atom. The zero-order valence-corrected chi connectivity index (χ0v) is 92.4. The predicted molar refractivity (Wildman–Crippen MR) is 592 cm³/mol. The number of aryl methyl sites for hydroxylation is 9. The quantitative estimate of drug-likeness (QED) is 0.0121. The Hall–Kier alpha value is -12.2. The maximum atomic E-state index is 13.0. The number of ether oxygens (including phenoxy) is 5. The molecule has 0 aliphatic carbocycles. The van der Waals surface area contributed by atoms with E-state index in [1.165, 1.54) is 65.6 Å². The van der Waals surface area contributed by atoms with Crippen molar-refractivity contribution in [3.63, 3.8) is 0 Å². The van der Waals surface area contributed by atoms with E-state index < -0.39 is 37.0 Å². The molecule has 5 heterocycles. The Labute approximate surface area is 921 Å². The average molecular weight is 2200 g/mol. The summed E-state index contributed by atoms with van der Waals surface area (Å²) in [6.45, 7) is 22.4. The van der Waals surface area contributed by atoms with Gasteiger partial charge in [-0.25, -0.2) is 31.8 Å². The van der Waals surface area contributed by atoms with Gasteiger partial charge in [0.05, 0.1) is 117 Å². The van der Waals surface area contributed by atoms with Crippen molar-refractivity contribution < 1.29 is 137 Å². The first-order chi connectivity index (χ1) is 68.3. The Kier molecular flexibility index (Phi) is 59.2. The molecule has 0 aliphatic heterocycles. The number of hydrogen-bond donors (Lipinski definition) is 8. The maximum Gasteiger partial charge on any atom is 1.00 e. The van der Waals surface area contributed by atoms with Gasteiger partial charge in [0.15, 0.2) is 9.84 Å². The number of halogens is 5. The minimum absolute atomic E-state index is 0. The third-order valence-electron chi connectivity index (χ3n) is 21.2. The van der Waals surface area contributed by atoms with Crippen LogP contribution in [-0.2, 0) is 55.0 Å². The van der Waals surface area contributed by atoms with Crippen LogP contribution in [0.15, 0.2) is 277 Å². The van der Waals surface area contributed by atoms with E-state index in [9.17, 15) is 37.5 Å². The van der Waals surface area contributed by atoms with Gasteiger partial charge < -0.3 is 81.8 Å². The summed E-state index contributed by atoms with van der Waals surface area (Å²) in [4.78, 5) is 81.4. The number of nitrogens with two attached hydrogens (primary N) is 1. The third kappa shape index (κ3) is 41.6. The van der Waals surface area contributed by atoms with Crippen LogP contribution in [0.1, 0.15) is 169 Å². The van der Waals surface area contributed by atoms with Crippen molar-refractivity contribution in [2.45, 2.75) is 132 Å². The summed E-state index contributed by atoms with van der Waals surface area (Å²) in [6, 6.07) is 80.1. The van der Waals surface area contributed by atoms with Crippen LogP contribution in [0.4, 0.5) is 0 Å². The van der Waals surface area contributed by atoms with Crippen LogP contribution >= 0.6 is 68.7 Å². The summed E-state index contributed by atoms with van der Waals surface area (Å²) in [7, 11) is 7.75. The Balaban J connectivity index is 0.000000599. The molecule has 5 aromatic heterocycles. The Morgan fingerprint density at radius 3 is 1.01 bits per heavy atom. The van der Waals surface area contributed by atoms with Crippen molar-refractivity contribution in [1.82, 2.24) is 30.2 Å². The van der Waals surface area contributed by atoms with Crippen LogP contribution in [0.3, 0.4) is 0 Å². The second kappa shape index (κ2) is 66.4. The number of aliphatic hydroxyl groups excluding tert-OH is 4. The van der Waals surface area contributed by atoms with Gasteiger partial charge in [0, 0.05) is 113 Å². The van der Waals surface area contributed by atoms with Crippen molar-refractivity contribution in [3.8, 4) is 17.2 Å². The molecule has 788 valence electrons. The van der Waals surface area contributed by atoms with Gasteiger partial charge in [0.2, 0.25) is 9.23 Å². The number of aromatic carboxylic acids is 2. The molecular formula is C111H123Cl5N7NaO22S3. The number of hydrogen-bond acceptors (Lipinski definition) is 25. The number of pyridine rings is 5. The van der Waals surface area contributed by atoms with E-state index >= 15 is 0 Å². The fourth-order valence-electron chi connectivity index (χ4n) is 13.7. The standard InChI is InChI=1S/C29H30N2O5S.C20H19NO3.C19H17NO3.C12H10ClNO2.C11H8ClNO2.C10H15NOS.C8H10O.CH4O.CH4.Cl2OS.ClH.Na.3H2O/c1-4-37(34,35)24-12-9-22(10-13-24)27(17-32)31-29(33)23-11-14-25-26(16-23)30-20(3)15-28(25)36-18-21-7-5-19(2)6-8-21;1-13-4-6-15(7-5-13)12-24-19-10-14(2)21-18-11-16(20(22)23-3)8-9-17(18)19;1-12-3-5-14(6-4-12)11-23-18-9-13(2)20-17-10-15(19(21)22)7-8-16(17)18;1-7-5-10(13)9-4-3-8(12(15)16-2)6-11(9)14-7;1-6-4-9(12)8-3-2-7(11(14)15)5-10(8)13-6;1-2-13-9-5-3-8(4-6-9)10(11)7-12;1-7-2-4-8(6-9)5-3-7;1-2;;1-4(2)3;;;;;/h5-16,27,32H,4,17-18H2,1-3H3,(H,31,33);4-11H,12H2,1-3H3;3-10H,11H2,1-2H3,(H,21,22);3-6H,1-2H3;2-5H,1H3,(H,14,15);3-6,10,12H,2,7,11H2,1H3;2-5,9H,6H2,1H3;2H,1H3;1H4;;1H;;3*1H2/q;;;;;;;;;;;+1;;;/p-1/t27-;;;;;10-;;;;;;;;;/m0....0........./s1. The smallest absolute Gasteiger partial charge is 0.870 e. The number of carbonyl (C=O) groups excluding carboxylic acids is 3. The number of carbonyl (C=O) groups is 5. The molecule has 38 heteroatoms. The zero-order valence-electron chi connectivity index (χ0n) is 84.1. The van der Waals surface area contributed by atoms with E-state index in [4.69, 9.17) is 77.6 Å². The minimum Gasteiger partial charge on any atom is -0.870 e. The van der Waals surface area contributed by atoms with Crippen LogP contribution in [0.5, 0.6) is 17.2 Å².